The summed E-state index contributed by atoms with van der Waals surface area (Å²) in [6.07, 6.45) is -1.06. The first kappa shape index (κ1) is 29.4. The zero-order chi connectivity index (χ0) is 26.6. The lowest BCUT2D eigenvalue weighted by molar-refractivity contribution is -0.135. The van der Waals surface area contributed by atoms with Gasteiger partial charge in [-0.05, 0) is 62.7 Å². The van der Waals surface area contributed by atoms with Crippen molar-refractivity contribution in [2.24, 2.45) is 12.8 Å². The van der Waals surface area contributed by atoms with Crippen molar-refractivity contribution >= 4 is 47.0 Å². The number of benzene rings is 2. The molecule has 0 saturated heterocycles. The lowest BCUT2D eigenvalue weighted by Gasteiger charge is -2.36. The highest BCUT2D eigenvalue weighted by Crippen LogP contribution is 2.30. The molecule has 1 aromatic heterocycles. The van der Waals surface area contributed by atoms with Crippen molar-refractivity contribution in [1.82, 2.24) is 19.4 Å². The molecule has 0 aliphatic rings. The summed E-state index contributed by atoms with van der Waals surface area (Å²) in [5.41, 5.74) is 8.35. The highest BCUT2D eigenvalue weighted by Gasteiger charge is 2.40. The number of carboxylic acid groups (broad SMARTS) is 1. The predicted molar refractivity (Wildman–Crippen MR) is 149 cm³/mol. The summed E-state index contributed by atoms with van der Waals surface area (Å²) in [7, 11) is 3.66. The maximum atomic E-state index is 13.5. The van der Waals surface area contributed by atoms with Crippen molar-refractivity contribution in [2.75, 3.05) is 32.0 Å². The van der Waals surface area contributed by atoms with E-state index in [0.717, 1.165) is 28.1 Å². The van der Waals surface area contributed by atoms with Crippen LogP contribution in [0.1, 0.15) is 37.7 Å². The summed E-state index contributed by atoms with van der Waals surface area (Å²) in [4.78, 5) is 32.9. The zero-order valence-corrected chi connectivity index (χ0v) is 22.7. The molecule has 2 aromatic carbocycles. The van der Waals surface area contributed by atoms with Crippen molar-refractivity contribution in [3.8, 4) is 0 Å². The summed E-state index contributed by atoms with van der Waals surface area (Å²) in [5.74, 6) is 0.682. The number of carbonyl (C=O) groups is 2. The fraction of sp³-hybridized carbons (Fsp3) is 0.385. The van der Waals surface area contributed by atoms with E-state index in [0.29, 0.717) is 18.7 Å². The fourth-order valence-electron chi connectivity index (χ4n) is 4.24. The average Bonchev–Trinajstić information content (AvgIpc) is 3.19. The third-order valence-corrected chi connectivity index (χ3v) is 6.71. The van der Waals surface area contributed by atoms with Crippen molar-refractivity contribution in [1.29, 1.82) is 5.41 Å². The molecule has 5 N–H and O–H groups in total. The van der Waals surface area contributed by atoms with Crippen LogP contribution in [0.25, 0.3) is 11.0 Å². The molecule has 1 heterocycles. The SMILES string of the molecule is CCN(C)C(=O)C(C)(CN(CC)C(=O)O)c1ccc2c(c1)nc(CNc1ccc(C(=N)N)cc1)n2C.Cl. The Hall–Kier alpha value is -3.79. The van der Waals surface area contributed by atoms with Gasteiger partial charge in [0.15, 0.2) is 0 Å². The molecule has 11 heteroatoms. The number of hydrogen-bond donors (Lipinski definition) is 4. The van der Waals surface area contributed by atoms with Gasteiger partial charge in [0.2, 0.25) is 5.91 Å². The molecule has 200 valence electrons. The lowest BCUT2D eigenvalue weighted by atomic mass is 9.80. The minimum absolute atomic E-state index is 0. The number of aryl methyl sites for hydroxylation is 1. The van der Waals surface area contributed by atoms with Gasteiger partial charge in [-0.15, -0.1) is 12.4 Å². The summed E-state index contributed by atoms with van der Waals surface area (Å²) in [5, 5.41) is 20.5. The first-order valence-corrected chi connectivity index (χ1v) is 11.9. The molecule has 0 aliphatic carbocycles. The van der Waals surface area contributed by atoms with Gasteiger partial charge in [0, 0.05) is 45.0 Å². The molecule has 3 aromatic rings. The van der Waals surface area contributed by atoms with Gasteiger partial charge in [0.25, 0.3) is 0 Å². The molecule has 3 rings (SSSR count). The number of nitrogens with one attached hydrogen (secondary N) is 2. The monoisotopic (exact) mass is 529 g/mol. The fourth-order valence-corrected chi connectivity index (χ4v) is 4.24. The Balaban J connectivity index is 0.00000481. The first-order chi connectivity index (χ1) is 17.0. The van der Waals surface area contributed by atoms with Gasteiger partial charge in [0.1, 0.15) is 11.7 Å². The molecule has 0 spiro atoms. The number of likely N-dealkylation sites (N-methyl/N-ethyl adjacent to an activating group) is 2. The third kappa shape index (κ3) is 6.14. The minimum atomic E-state index is -1.07. The van der Waals surface area contributed by atoms with E-state index in [9.17, 15) is 14.7 Å². The Bertz CT molecular complexity index is 1280. The van der Waals surface area contributed by atoms with Crippen LogP contribution in [-0.4, -0.2) is 69.0 Å². The van der Waals surface area contributed by atoms with Crippen molar-refractivity contribution in [3.63, 3.8) is 0 Å². The van der Waals surface area contributed by atoms with Crippen LogP contribution in [0, 0.1) is 5.41 Å². The van der Waals surface area contributed by atoms with E-state index in [2.05, 4.69) is 5.32 Å². The van der Waals surface area contributed by atoms with Crippen LogP contribution in [0.15, 0.2) is 42.5 Å². The molecule has 1 atom stereocenters. The average molecular weight is 530 g/mol. The van der Waals surface area contributed by atoms with Crippen LogP contribution in [0.2, 0.25) is 0 Å². The highest BCUT2D eigenvalue weighted by molar-refractivity contribution is 5.95. The largest absolute Gasteiger partial charge is 0.465 e. The number of carbonyl (C=O) groups excluding carboxylic acids is 1. The molecule has 37 heavy (non-hydrogen) atoms. The number of amides is 2. The van der Waals surface area contributed by atoms with E-state index < -0.39 is 11.5 Å². The number of rotatable bonds is 10. The van der Waals surface area contributed by atoms with Crippen molar-refractivity contribution in [2.45, 2.75) is 32.7 Å². The van der Waals surface area contributed by atoms with Crippen LogP contribution in [0.5, 0.6) is 0 Å². The first-order valence-electron chi connectivity index (χ1n) is 11.9. The number of nitrogens with zero attached hydrogens (tertiary/aromatic N) is 4. The van der Waals surface area contributed by atoms with E-state index >= 15 is 0 Å². The van der Waals surface area contributed by atoms with Crippen LogP contribution >= 0.6 is 12.4 Å². The number of halogens is 1. The molecular formula is C26H36ClN7O3. The molecule has 0 aliphatic heterocycles. The maximum Gasteiger partial charge on any atom is 0.407 e. The molecule has 0 bridgehead atoms. The van der Waals surface area contributed by atoms with Gasteiger partial charge in [-0.2, -0.15) is 0 Å². The second kappa shape index (κ2) is 12.0. The molecular weight excluding hydrogens is 494 g/mol. The molecule has 0 saturated carbocycles. The lowest BCUT2D eigenvalue weighted by Crippen LogP contribution is -2.51. The van der Waals surface area contributed by atoms with Gasteiger partial charge < -0.3 is 30.5 Å². The van der Waals surface area contributed by atoms with Crippen LogP contribution in [-0.2, 0) is 23.8 Å². The Morgan fingerprint density at radius 1 is 1.16 bits per heavy atom. The summed E-state index contributed by atoms with van der Waals surface area (Å²) in [6.45, 7) is 6.76. The van der Waals surface area contributed by atoms with E-state index in [-0.39, 0.29) is 37.2 Å². The summed E-state index contributed by atoms with van der Waals surface area (Å²) in [6, 6.07) is 13.0. The van der Waals surface area contributed by atoms with Crippen molar-refractivity contribution in [3.05, 3.63) is 59.4 Å². The predicted octanol–water partition coefficient (Wildman–Crippen LogP) is 3.63. The molecule has 2 amide bonds. The van der Waals surface area contributed by atoms with E-state index in [1.165, 1.54) is 4.90 Å². The number of anilines is 1. The van der Waals surface area contributed by atoms with Gasteiger partial charge in [-0.3, -0.25) is 10.2 Å². The number of imidazole rings is 1. The second-order valence-electron chi connectivity index (χ2n) is 9.08. The van der Waals surface area contributed by atoms with E-state index in [4.69, 9.17) is 16.1 Å². The molecule has 0 radical (unpaired) electrons. The van der Waals surface area contributed by atoms with Crippen LogP contribution in [0.4, 0.5) is 10.5 Å². The third-order valence-electron chi connectivity index (χ3n) is 6.71. The van der Waals surface area contributed by atoms with E-state index in [1.807, 2.05) is 48.9 Å². The number of hydrogen-bond acceptors (Lipinski definition) is 5. The Labute approximate surface area is 223 Å². The van der Waals surface area contributed by atoms with Crippen LogP contribution < -0.4 is 11.1 Å². The van der Waals surface area contributed by atoms with Gasteiger partial charge in [-0.25, -0.2) is 9.78 Å². The van der Waals surface area contributed by atoms with Gasteiger partial charge in [-0.1, -0.05) is 6.07 Å². The maximum absolute atomic E-state index is 13.5. The Morgan fingerprint density at radius 3 is 2.35 bits per heavy atom. The number of nitrogens with two attached hydrogens (primary N) is 1. The standard InChI is InChI=1S/C26H35N7O3.ClH/c1-6-31(4)24(34)26(3,16-33(7-2)25(35)36)18-10-13-21-20(14-18)30-22(32(21)5)15-29-19-11-8-17(9-12-19)23(27)28;/h8-14,29H,6-7,15-16H2,1-5H3,(H3,27,28)(H,35,36);1H. The van der Waals surface area contributed by atoms with Crippen LogP contribution in [0.3, 0.4) is 0 Å². The molecule has 10 nitrogen and oxygen atoms in total. The Morgan fingerprint density at radius 2 is 1.81 bits per heavy atom. The Kier molecular flexibility index (Phi) is 9.52. The molecule has 0 fully saturated rings. The smallest absolute Gasteiger partial charge is 0.407 e. The van der Waals surface area contributed by atoms with Crippen molar-refractivity contribution < 1.29 is 14.7 Å². The number of amidine groups is 1. The van der Waals surface area contributed by atoms with E-state index in [1.54, 1.807) is 37.9 Å². The number of aromatic nitrogens is 2. The quantitative estimate of drug-likeness (QED) is 0.233. The highest BCUT2D eigenvalue weighted by atomic mass is 35.5. The normalized spacial score (nSPS) is 12.4. The topological polar surface area (TPSA) is 141 Å². The number of fused-ring (bicyclic) bond motifs is 1. The minimum Gasteiger partial charge on any atom is -0.465 e. The summed E-state index contributed by atoms with van der Waals surface area (Å²) >= 11 is 0. The second-order valence-corrected chi connectivity index (χ2v) is 9.08. The summed E-state index contributed by atoms with van der Waals surface area (Å²) < 4.78 is 1.99. The molecule has 1 unspecified atom stereocenters. The van der Waals surface area contributed by atoms with Gasteiger partial charge >= 0.3 is 6.09 Å². The number of nitrogen functional groups attached to an aromatic ring is 1. The van der Waals surface area contributed by atoms with Gasteiger partial charge in [0.05, 0.1) is 23.0 Å². The zero-order valence-electron chi connectivity index (χ0n) is 21.9.